The Balaban J connectivity index is 1.70. The molecule has 2 heterocycles. The van der Waals surface area contributed by atoms with E-state index in [1.54, 1.807) is 6.26 Å². The van der Waals surface area contributed by atoms with Crippen LogP contribution in [0.5, 0.6) is 0 Å². The Morgan fingerprint density at radius 3 is 2.52 bits per heavy atom. The van der Waals surface area contributed by atoms with E-state index in [-0.39, 0.29) is 5.91 Å². The van der Waals surface area contributed by atoms with Crippen molar-refractivity contribution in [3.05, 3.63) is 95.4 Å². The molecule has 0 spiro atoms. The van der Waals surface area contributed by atoms with E-state index in [0.717, 1.165) is 23.2 Å². The zero-order chi connectivity index (χ0) is 21.8. The molecule has 0 radical (unpaired) electrons. The van der Waals surface area contributed by atoms with Gasteiger partial charge in [0.25, 0.3) is 5.91 Å². The Morgan fingerprint density at radius 2 is 1.77 bits per heavy atom. The third kappa shape index (κ3) is 4.72. The van der Waals surface area contributed by atoms with Crippen LogP contribution in [0.3, 0.4) is 0 Å². The highest BCUT2D eigenvalue weighted by atomic mass is 16.3. The van der Waals surface area contributed by atoms with Crippen LogP contribution in [0.2, 0.25) is 0 Å². The van der Waals surface area contributed by atoms with Crippen molar-refractivity contribution in [2.24, 2.45) is 0 Å². The Hall–Kier alpha value is -3.31. The van der Waals surface area contributed by atoms with E-state index in [1.807, 2.05) is 51.9 Å². The lowest BCUT2D eigenvalue weighted by atomic mass is 10.1. The molecule has 2 aromatic carbocycles. The molecule has 2 aromatic heterocycles. The van der Waals surface area contributed by atoms with Gasteiger partial charge in [-0.2, -0.15) is 0 Å². The van der Waals surface area contributed by atoms with Crippen LogP contribution >= 0.6 is 0 Å². The maximum Gasteiger partial charge on any atom is 0.271 e. The maximum atomic E-state index is 13.8. The SMILES string of the molecule is Cc1ccccc1Cn1c(C(=O)N(CC[NH+](C)C)Cc2ccccc2)cc2ccoc21. The van der Waals surface area contributed by atoms with Gasteiger partial charge < -0.3 is 18.8 Å². The Kier molecular flexibility index (Phi) is 6.23. The third-order valence-corrected chi connectivity index (χ3v) is 5.70. The van der Waals surface area contributed by atoms with Gasteiger partial charge in [-0.05, 0) is 35.7 Å². The molecular formula is C26H30N3O2+. The van der Waals surface area contributed by atoms with Crippen molar-refractivity contribution in [3.63, 3.8) is 0 Å². The fraction of sp³-hybridized carbons (Fsp3) is 0.269. The van der Waals surface area contributed by atoms with Crippen LogP contribution < -0.4 is 4.90 Å². The standard InChI is InChI=1S/C26H29N3O2/c1-20-9-7-8-12-23(20)19-29-24(17-22-13-16-31-26(22)29)25(30)28(15-14-27(2)3)18-21-10-5-4-6-11-21/h4-13,16-17H,14-15,18-19H2,1-3H3/p+1. The molecule has 1 N–H and O–H groups in total. The van der Waals surface area contributed by atoms with E-state index >= 15 is 0 Å². The first kappa shape index (κ1) is 20.9. The van der Waals surface area contributed by atoms with Gasteiger partial charge in [-0.25, -0.2) is 0 Å². The quantitative estimate of drug-likeness (QED) is 0.479. The molecule has 0 saturated carbocycles. The first-order chi connectivity index (χ1) is 15.0. The fourth-order valence-corrected chi connectivity index (χ4v) is 3.84. The topological polar surface area (TPSA) is 42.8 Å². The molecule has 0 aliphatic heterocycles. The van der Waals surface area contributed by atoms with E-state index in [9.17, 15) is 4.79 Å². The summed E-state index contributed by atoms with van der Waals surface area (Å²) in [6.07, 6.45) is 1.68. The van der Waals surface area contributed by atoms with Gasteiger partial charge in [0.15, 0.2) is 0 Å². The second-order valence-corrected chi connectivity index (χ2v) is 8.39. The van der Waals surface area contributed by atoms with Crippen molar-refractivity contribution in [2.75, 3.05) is 27.2 Å². The number of nitrogens with one attached hydrogen (secondary N) is 1. The Labute approximate surface area is 183 Å². The number of aromatic nitrogens is 1. The van der Waals surface area contributed by atoms with Crippen LogP contribution in [-0.2, 0) is 13.1 Å². The van der Waals surface area contributed by atoms with E-state index < -0.39 is 0 Å². The number of aryl methyl sites for hydroxylation is 1. The molecule has 0 bridgehead atoms. The van der Waals surface area contributed by atoms with Gasteiger partial charge in [0.2, 0.25) is 5.71 Å². The number of furan rings is 1. The van der Waals surface area contributed by atoms with Crippen molar-refractivity contribution in [2.45, 2.75) is 20.0 Å². The number of fused-ring (bicyclic) bond motifs is 1. The normalized spacial score (nSPS) is 11.4. The molecule has 160 valence electrons. The van der Waals surface area contributed by atoms with Gasteiger partial charge in [0.05, 0.1) is 40.0 Å². The molecule has 0 unspecified atom stereocenters. The molecule has 0 aliphatic rings. The number of carbonyl (C=O) groups excluding carboxylic acids is 1. The summed E-state index contributed by atoms with van der Waals surface area (Å²) in [7, 11) is 4.22. The second kappa shape index (κ2) is 9.23. The summed E-state index contributed by atoms with van der Waals surface area (Å²) in [6, 6.07) is 22.3. The molecular weight excluding hydrogens is 386 g/mol. The van der Waals surface area contributed by atoms with Gasteiger partial charge in [-0.15, -0.1) is 0 Å². The van der Waals surface area contributed by atoms with Crippen LogP contribution in [0, 0.1) is 6.92 Å². The van der Waals surface area contributed by atoms with Gasteiger partial charge in [0.1, 0.15) is 5.69 Å². The number of quaternary nitrogens is 1. The molecule has 5 heteroatoms. The Morgan fingerprint density at radius 1 is 1.03 bits per heavy atom. The van der Waals surface area contributed by atoms with Crippen LogP contribution in [0.15, 0.2) is 77.4 Å². The number of nitrogens with zero attached hydrogens (tertiary/aromatic N) is 2. The Bertz CT molecular complexity index is 1160. The number of hydrogen-bond acceptors (Lipinski definition) is 2. The zero-order valence-corrected chi connectivity index (χ0v) is 18.5. The highest BCUT2D eigenvalue weighted by Crippen LogP contribution is 2.25. The average Bonchev–Trinajstić information content (AvgIpc) is 3.35. The molecule has 0 atom stereocenters. The van der Waals surface area contributed by atoms with E-state index in [0.29, 0.717) is 25.3 Å². The van der Waals surface area contributed by atoms with Gasteiger partial charge in [-0.3, -0.25) is 4.79 Å². The summed E-state index contributed by atoms with van der Waals surface area (Å²) in [6.45, 7) is 4.86. The van der Waals surface area contributed by atoms with E-state index in [2.05, 4.69) is 45.3 Å². The molecule has 0 fully saturated rings. The summed E-state index contributed by atoms with van der Waals surface area (Å²) < 4.78 is 7.79. The first-order valence-electron chi connectivity index (χ1n) is 10.8. The minimum Gasteiger partial charge on any atom is -0.448 e. The molecule has 0 saturated heterocycles. The number of carbonyl (C=O) groups is 1. The van der Waals surface area contributed by atoms with Gasteiger partial charge >= 0.3 is 0 Å². The summed E-state index contributed by atoms with van der Waals surface area (Å²) in [5.41, 5.74) is 4.92. The third-order valence-electron chi connectivity index (χ3n) is 5.70. The lowest BCUT2D eigenvalue weighted by Crippen LogP contribution is -3.06. The highest BCUT2D eigenvalue weighted by molar-refractivity contribution is 5.97. The van der Waals surface area contributed by atoms with Crippen molar-refractivity contribution < 1.29 is 14.1 Å². The van der Waals surface area contributed by atoms with Crippen molar-refractivity contribution in [3.8, 4) is 0 Å². The van der Waals surface area contributed by atoms with Crippen LogP contribution in [0.25, 0.3) is 11.1 Å². The zero-order valence-electron chi connectivity index (χ0n) is 18.5. The van der Waals surface area contributed by atoms with E-state index in [4.69, 9.17) is 4.42 Å². The predicted octanol–water partition coefficient (Wildman–Crippen LogP) is 3.38. The van der Waals surface area contributed by atoms with Crippen molar-refractivity contribution >= 4 is 17.0 Å². The number of benzene rings is 2. The lowest BCUT2D eigenvalue weighted by Gasteiger charge is -2.24. The van der Waals surface area contributed by atoms with E-state index in [1.165, 1.54) is 16.0 Å². The van der Waals surface area contributed by atoms with Gasteiger partial charge in [0, 0.05) is 11.9 Å². The minimum atomic E-state index is 0.0325. The number of likely N-dealkylation sites (N-methyl/N-ethyl adjacent to an activating group) is 1. The average molecular weight is 417 g/mol. The lowest BCUT2D eigenvalue weighted by molar-refractivity contribution is -0.857. The van der Waals surface area contributed by atoms with Crippen LogP contribution in [-0.4, -0.2) is 42.6 Å². The fourth-order valence-electron chi connectivity index (χ4n) is 3.84. The summed E-state index contributed by atoms with van der Waals surface area (Å²) in [5.74, 6) is 0.0325. The molecule has 1 amide bonds. The number of rotatable bonds is 8. The molecule has 4 aromatic rings. The molecule has 31 heavy (non-hydrogen) atoms. The second-order valence-electron chi connectivity index (χ2n) is 8.39. The van der Waals surface area contributed by atoms with Crippen LogP contribution in [0.4, 0.5) is 0 Å². The number of hydrogen-bond donors (Lipinski definition) is 1. The molecule has 0 aliphatic carbocycles. The highest BCUT2D eigenvalue weighted by Gasteiger charge is 2.24. The minimum absolute atomic E-state index is 0.0325. The predicted molar refractivity (Wildman–Crippen MR) is 123 cm³/mol. The largest absolute Gasteiger partial charge is 0.448 e. The first-order valence-corrected chi connectivity index (χ1v) is 10.8. The smallest absolute Gasteiger partial charge is 0.271 e. The van der Waals surface area contributed by atoms with Gasteiger partial charge in [-0.1, -0.05) is 54.6 Å². The summed E-state index contributed by atoms with van der Waals surface area (Å²) in [5, 5.41) is 0.954. The monoisotopic (exact) mass is 416 g/mol. The molecule has 5 nitrogen and oxygen atoms in total. The van der Waals surface area contributed by atoms with Crippen molar-refractivity contribution in [1.29, 1.82) is 0 Å². The summed E-state index contributed by atoms with van der Waals surface area (Å²) >= 11 is 0. The maximum absolute atomic E-state index is 13.8. The summed E-state index contributed by atoms with van der Waals surface area (Å²) in [4.78, 5) is 17.0. The van der Waals surface area contributed by atoms with Crippen molar-refractivity contribution in [1.82, 2.24) is 9.47 Å². The number of amides is 1. The van der Waals surface area contributed by atoms with Crippen LogP contribution in [0.1, 0.15) is 27.2 Å². The molecule has 4 rings (SSSR count).